The summed E-state index contributed by atoms with van der Waals surface area (Å²) in [7, 11) is -3.64. The lowest BCUT2D eigenvalue weighted by atomic mass is 10.0. The summed E-state index contributed by atoms with van der Waals surface area (Å²) in [5.74, 6) is 0.904. The smallest absolute Gasteiger partial charge is 0.247 e. The van der Waals surface area contributed by atoms with Crippen molar-refractivity contribution in [1.82, 2.24) is 20.1 Å². The number of nitrogens with zero attached hydrogens (tertiary/aromatic N) is 2. The van der Waals surface area contributed by atoms with E-state index in [1.165, 1.54) is 0 Å². The first-order chi connectivity index (χ1) is 14.4. The van der Waals surface area contributed by atoms with Gasteiger partial charge in [0, 0.05) is 38.6 Å². The van der Waals surface area contributed by atoms with E-state index in [0.717, 1.165) is 12.8 Å². The molecule has 1 saturated carbocycles. The van der Waals surface area contributed by atoms with Crippen LogP contribution in [0.3, 0.4) is 0 Å². The van der Waals surface area contributed by atoms with Crippen molar-refractivity contribution >= 4 is 15.9 Å². The van der Waals surface area contributed by atoms with Crippen LogP contribution in [0.25, 0.3) is 0 Å². The van der Waals surface area contributed by atoms with Crippen molar-refractivity contribution < 1.29 is 17.9 Å². The van der Waals surface area contributed by atoms with Gasteiger partial charge in [0.1, 0.15) is 16.7 Å². The molecule has 8 nitrogen and oxygen atoms in total. The summed E-state index contributed by atoms with van der Waals surface area (Å²) in [5, 5.41) is 0. The van der Waals surface area contributed by atoms with Gasteiger partial charge in [0.05, 0.1) is 12.0 Å². The highest BCUT2D eigenvalue weighted by molar-refractivity contribution is 7.89. The first-order valence-corrected chi connectivity index (χ1v) is 12.4. The summed E-state index contributed by atoms with van der Waals surface area (Å²) in [6.07, 6.45) is 3.13. The molecule has 1 amide bonds. The summed E-state index contributed by atoms with van der Waals surface area (Å²) in [6.45, 7) is 4.31. The number of hydrogen-bond donors (Lipinski definition) is 2. The minimum atomic E-state index is -3.64. The van der Waals surface area contributed by atoms with Crippen molar-refractivity contribution in [3.63, 3.8) is 0 Å². The summed E-state index contributed by atoms with van der Waals surface area (Å²) in [6, 6.07) is 6.79. The van der Waals surface area contributed by atoms with Crippen LogP contribution in [0.4, 0.5) is 0 Å². The molecular weight excluding hydrogens is 404 g/mol. The number of likely N-dealkylation sites (tertiary alicyclic amines) is 1. The molecule has 0 spiro atoms. The molecule has 2 saturated heterocycles. The van der Waals surface area contributed by atoms with E-state index < -0.39 is 10.0 Å². The van der Waals surface area contributed by atoms with E-state index in [9.17, 15) is 13.2 Å². The van der Waals surface area contributed by atoms with Crippen LogP contribution in [0.1, 0.15) is 32.6 Å². The molecule has 4 aliphatic rings. The monoisotopic (exact) mass is 434 g/mol. The second-order valence-electron chi connectivity index (χ2n) is 9.01. The van der Waals surface area contributed by atoms with Gasteiger partial charge in [-0.2, -0.15) is 4.31 Å². The van der Waals surface area contributed by atoms with Gasteiger partial charge in [-0.25, -0.2) is 8.42 Å². The number of carbonyl (C=O) groups excluding carboxylic acids is 1. The number of amides is 1. The molecular formula is C21H30N4O4S. The van der Waals surface area contributed by atoms with Gasteiger partial charge in [-0.05, 0) is 44.2 Å². The van der Waals surface area contributed by atoms with Crippen molar-refractivity contribution in [2.75, 3.05) is 26.2 Å². The van der Waals surface area contributed by atoms with Gasteiger partial charge in [-0.3, -0.25) is 15.6 Å². The first kappa shape index (κ1) is 20.2. The number of sulfonamides is 1. The van der Waals surface area contributed by atoms with Crippen LogP contribution in [0.5, 0.6) is 5.75 Å². The van der Waals surface area contributed by atoms with Crippen molar-refractivity contribution in [2.45, 2.75) is 55.7 Å². The average molecular weight is 435 g/mol. The fourth-order valence-electron chi connectivity index (χ4n) is 4.91. The van der Waals surface area contributed by atoms with Crippen LogP contribution in [0.2, 0.25) is 0 Å². The number of hydrogen-bond acceptors (Lipinski definition) is 6. The molecule has 2 unspecified atom stereocenters. The largest absolute Gasteiger partial charge is 0.487 e. The van der Waals surface area contributed by atoms with E-state index in [-0.39, 0.29) is 34.9 Å². The summed E-state index contributed by atoms with van der Waals surface area (Å²) >= 11 is 0. The van der Waals surface area contributed by atoms with Crippen LogP contribution in [-0.4, -0.2) is 67.9 Å². The molecule has 3 aliphatic heterocycles. The Kier molecular flexibility index (Phi) is 5.25. The number of nitrogens with one attached hydrogen (secondary N) is 2. The van der Waals surface area contributed by atoms with E-state index in [1.54, 1.807) is 22.5 Å². The second-order valence-corrected chi connectivity index (χ2v) is 10.9. The van der Waals surface area contributed by atoms with Crippen molar-refractivity contribution in [3.8, 4) is 5.75 Å². The molecule has 3 fully saturated rings. The van der Waals surface area contributed by atoms with Gasteiger partial charge in [0.2, 0.25) is 15.9 Å². The number of para-hydroxylation sites is 1. The Morgan fingerprint density at radius 2 is 1.93 bits per heavy atom. The maximum atomic E-state index is 13.6. The fourth-order valence-corrected chi connectivity index (χ4v) is 6.79. The Hall–Kier alpha value is -1.68. The zero-order chi connectivity index (χ0) is 20.9. The van der Waals surface area contributed by atoms with Crippen molar-refractivity contribution in [3.05, 3.63) is 24.3 Å². The molecule has 1 aromatic rings. The lowest BCUT2D eigenvalue weighted by molar-refractivity contribution is -0.135. The molecule has 1 aromatic carbocycles. The van der Waals surface area contributed by atoms with E-state index in [4.69, 9.17) is 4.74 Å². The molecule has 30 heavy (non-hydrogen) atoms. The fraction of sp³-hybridized carbons (Fsp3) is 0.667. The van der Waals surface area contributed by atoms with Crippen LogP contribution in [0, 0.1) is 11.8 Å². The molecule has 9 heteroatoms. The Labute approximate surface area is 178 Å². The van der Waals surface area contributed by atoms with Crippen molar-refractivity contribution in [2.24, 2.45) is 11.8 Å². The standard InChI is InChI=1S/C21H30N4O4S/c1-14-16(12-22-23-14)21(26)24-10-8-17-18(9-11-24)29-19-4-2-3-5-20(19)30(27,28)25(17)13-15-6-7-15/h2-5,14-18,22-23H,6-13H2,1H3/t14?,16?,17-,18-/m1/s1. The Bertz CT molecular complexity index is 919. The topological polar surface area (TPSA) is 91.0 Å². The minimum Gasteiger partial charge on any atom is -0.487 e. The molecule has 1 aliphatic carbocycles. The molecule has 0 radical (unpaired) electrons. The third-order valence-corrected chi connectivity index (χ3v) is 8.84. The molecule has 3 heterocycles. The molecule has 4 atom stereocenters. The van der Waals surface area contributed by atoms with Gasteiger partial charge < -0.3 is 9.64 Å². The summed E-state index contributed by atoms with van der Waals surface area (Å²) < 4.78 is 35.1. The van der Waals surface area contributed by atoms with Crippen LogP contribution in [-0.2, 0) is 14.8 Å². The summed E-state index contributed by atoms with van der Waals surface area (Å²) in [5.41, 5.74) is 6.17. The lowest BCUT2D eigenvalue weighted by Gasteiger charge is -2.31. The molecule has 0 bridgehead atoms. The number of rotatable bonds is 3. The van der Waals surface area contributed by atoms with Gasteiger partial charge in [-0.1, -0.05) is 12.1 Å². The average Bonchev–Trinajstić information content (AvgIpc) is 3.49. The number of carbonyl (C=O) groups is 1. The Balaban J connectivity index is 1.43. The zero-order valence-electron chi connectivity index (χ0n) is 17.3. The predicted octanol–water partition coefficient (Wildman–Crippen LogP) is 0.952. The van der Waals surface area contributed by atoms with Crippen molar-refractivity contribution in [1.29, 1.82) is 0 Å². The number of hydrazine groups is 1. The van der Waals surface area contributed by atoms with Gasteiger partial charge in [0.15, 0.2) is 0 Å². The SMILES string of the molecule is CC1NNCC1C(=O)N1CC[C@@H]2[C@@H](CC1)Oc1ccccc1S(=O)(=O)N2CC1CC1. The van der Waals surface area contributed by atoms with E-state index in [2.05, 4.69) is 10.9 Å². The molecule has 164 valence electrons. The number of benzene rings is 1. The van der Waals surface area contributed by atoms with E-state index in [1.807, 2.05) is 17.9 Å². The highest BCUT2D eigenvalue weighted by Gasteiger charge is 2.46. The Morgan fingerprint density at radius 3 is 2.67 bits per heavy atom. The maximum absolute atomic E-state index is 13.6. The molecule has 0 aromatic heterocycles. The van der Waals surface area contributed by atoms with Crippen LogP contribution < -0.4 is 15.6 Å². The van der Waals surface area contributed by atoms with E-state index >= 15 is 0 Å². The first-order valence-electron chi connectivity index (χ1n) is 11.0. The Morgan fingerprint density at radius 1 is 1.17 bits per heavy atom. The van der Waals surface area contributed by atoms with Crippen LogP contribution >= 0.6 is 0 Å². The van der Waals surface area contributed by atoms with E-state index in [0.29, 0.717) is 50.7 Å². The quantitative estimate of drug-likeness (QED) is 0.736. The molecule has 2 N–H and O–H groups in total. The number of fused-ring (bicyclic) bond motifs is 2. The molecule has 5 rings (SSSR count). The number of ether oxygens (including phenoxy) is 1. The van der Waals surface area contributed by atoms with Crippen LogP contribution in [0.15, 0.2) is 29.2 Å². The van der Waals surface area contributed by atoms with Gasteiger partial charge in [-0.15, -0.1) is 0 Å². The predicted molar refractivity (Wildman–Crippen MR) is 111 cm³/mol. The lowest BCUT2D eigenvalue weighted by Crippen LogP contribution is -2.48. The second kappa shape index (κ2) is 7.78. The van der Waals surface area contributed by atoms with Gasteiger partial charge in [0.25, 0.3) is 0 Å². The minimum absolute atomic E-state index is 0.0844. The summed E-state index contributed by atoms with van der Waals surface area (Å²) in [4.78, 5) is 15.3. The highest BCUT2D eigenvalue weighted by Crippen LogP contribution is 2.40. The maximum Gasteiger partial charge on any atom is 0.247 e. The van der Waals surface area contributed by atoms with Gasteiger partial charge >= 0.3 is 0 Å². The normalized spacial score (nSPS) is 33.7. The third-order valence-electron chi connectivity index (χ3n) is 6.91. The zero-order valence-corrected chi connectivity index (χ0v) is 18.1. The highest BCUT2D eigenvalue weighted by atomic mass is 32.2. The third kappa shape index (κ3) is 3.62.